The van der Waals surface area contributed by atoms with Crippen molar-refractivity contribution in [2.45, 2.75) is 41.5 Å². The van der Waals surface area contributed by atoms with Crippen molar-refractivity contribution in [2.24, 2.45) is 5.10 Å². The van der Waals surface area contributed by atoms with E-state index in [0.29, 0.717) is 11.3 Å². The highest BCUT2D eigenvalue weighted by Gasteiger charge is 2.30. The van der Waals surface area contributed by atoms with Crippen LogP contribution in [0, 0.1) is 34.6 Å². The second-order valence-corrected chi connectivity index (χ2v) is 8.99. The first-order valence-electron chi connectivity index (χ1n) is 10.2. The summed E-state index contributed by atoms with van der Waals surface area (Å²) >= 11 is 3.47. The summed E-state index contributed by atoms with van der Waals surface area (Å²) in [5.74, 6) is -0.124. The van der Waals surface area contributed by atoms with Crippen molar-refractivity contribution in [1.29, 1.82) is 0 Å². The second-order valence-electron chi connectivity index (χ2n) is 8.08. The highest BCUT2D eigenvalue weighted by atomic mass is 79.9. The van der Waals surface area contributed by atoms with E-state index in [9.17, 15) is 4.79 Å². The van der Waals surface area contributed by atoms with Crippen LogP contribution in [0.15, 0.2) is 51.5 Å². The first-order valence-corrected chi connectivity index (χ1v) is 11.0. The SMILES string of the molecule is CC1=NN(c2ccc(Br)cc2C)C(=O)/C1=C/c1c(C)nn(-c2ccc(C)cc2C)c1C. The molecular formula is C25H25BrN4O. The van der Waals surface area contributed by atoms with Crippen molar-refractivity contribution >= 4 is 39.3 Å². The van der Waals surface area contributed by atoms with Crippen molar-refractivity contribution in [3.05, 3.63) is 80.1 Å². The smallest absolute Gasteiger partial charge is 0.267 e. The lowest BCUT2D eigenvalue weighted by atomic mass is 10.1. The quantitative estimate of drug-likeness (QED) is 0.436. The number of nitrogens with zero attached hydrogens (tertiary/aromatic N) is 4. The van der Waals surface area contributed by atoms with Crippen molar-refractivity contribution < 1.29 is 4.79 Å². The number of aromatic nitrogens is 2. The van der Waals surface area contributed by atoms with E-state index in [0.717, 1.165) is 43.9 Å². The Morgan fingerprint density at radius 3 is 2.26 bits per heavy atom. The maximum Gasteiger partial charge on any atom is 0.280 e. The van der Waals surface area contributed by atoms with Gasteiger partial charge in [0.1, 0.15) is 0 Å². The third kappa shape index (κ3) is 3.76. The number of hydrogen-bond donors (Lipinski definition) is 0. The van der Waals surface area contributed by atoms with Crippen LogP contribution in [0.5, 0.6) is 0 Å². The molecule has 0 saturated heterocycles. The van der Waals surface area contributed by atoms with Gasteiger partial charge in [0.05, 0.1) is 28.4 Å². The summed E-state index contributed by atoms with van der Waals surface area (Å²) in [5.41, 5.74) is 9.32. The molecule has 2 aromatic carbocycles. The van der Waals surface area contributed by atoms with Gasteiger partial charge in [0, 0.05) is 15.7 Å². The molecule has 5 nitrogen and oxygen atoms in total. The van der Waals surface area contributed by atoms with Crippen LogP contribution in [0.25, 0.3) is 11.8 Å². The van der Waals surface area contributed by atoms with Gasteiger partial charge in [0.15, 0.2) is 0 Å². The van der Waals surface area contributed by atoms with E-state index in [1.54, 1.807) is 0 Å². The number of benzene rings is 2. The minimum atomic E-state index is -0.124. The minimum absolute atomic E-state index is 0.124. The Hall–Kier alpha value is -2.99. The summed E-state index contributed by atoms with van der Waals surface area (Å²) in [7, 11) is 0. The van der Waals surface area contributed by atoms with Gasteiger partial charge in [-0.2, -0.15) is 15.2 Å². The molecular weight excluding hydrogens is 452 g/mol. The zero-order chi connectivity index (χ0) is 22.4. The van der Waals surface area contributed by atoms with Crippen molar-refractivity contribution in [1.82, 2.24) is 9.78 Å². The van der Waals surface area contributed by atoms with Crippen LogP contribution in [0.4, 0.5) is 5.69 Å². The molecule has 0 saturated carbocycles. The molecule has 0 aliphatic carbocycles. The summed E-state index contributed by atoms with van der Waals surface area (Å²) in [5, 5.41) is 10.8. The van der Waals surface area contributed by atoms with Gasteiger partial charge in [-0.05, 0) is 83.0 Å². The highest BCUT2D eigenvalue weighted by molar-refractivity contribution is 9.10. The average Bonchev–Trinajstić information content (AvgIpc) is 3.13. The van der Waals surface area contributed by atoms with E-state index in [4.69, 9.17) is 5.10 Å². The lowest BCUT2D eigenvalue weighted by Crippen LogP contribution is -2.22. The number of hydrogen-bond acceptors (Lipinski definition) is 3. The van der Waals surface area contributed by atoms with Gasteiger partial charge in [-0.3, -0.25) is 4.79 Å². The first kappa shape index (κ1) is 21.2. The van der Waals surface area contributed by atoms with Gasteiger partial charge >= 0.3 is 0 Å². The third-order valence-corrected chi connectivity index (χ3v) is 6.16. The predicted molar refractivity (Wildman–Crippen MR) is 130 cm³/mol. The molecule has 2 heterocycles. The Labute approximate surface area is 191 Å². The first-order chi connectivity index (χ1) is 14.7. The van der Waals surface area contributed by atoms with E-state index >= 15 is 0 Å². The number of aryl methyl sites for hydroxylation is 4. The number of rotatable bonds is 3. The fourth-order valence-electron chi connectivity index (χ4n) is 3.99. The predicted octanol–water partition coefficient (Wildman–Crippen LogP) is 5.98. The van der Waals surface area contributed by atoms with E-state index in [1.807, 2.05) is 56.7 Å². The molecule has 31 heavy (non-hydrogen) atoms. The monoisotopic (exact) mass is 476 g/mol. The molecule has 1 aliphatic rings. The van der Waals surface area contributed by atoms with E-state index < -0.39 is 0 Å². The van der Waals surface area contributed by atoms with Crippen molar-refractivity contribution in [2.75, 3.05) is 5.01 Å². The van der Waals surface area contributed by atoms with Crippen LogP contribution in [-0.2, 0) is 4.79 Å². The van der Waals surface area contributed by atoms with Gasteiger partial charge in [0.25, 0.3) is 5.91 Å². The molecule has 0 bridgehead atoms. The molecule has 0 unspecified atom stereocenters. The molecule has 1 aromatic heterocycles. The number of carbonyl (C=O) groups is 1. The zero-order valence-corrected chi connectivity index (χ0v) is 20.2. The Morgan fingerprint density at radius 2 is 1.58 bits per heavy atom. The molecule has 0 fully saturated rings. The van der Waals surface area contributed by atoms with Gasteiger partial charge in [-0.1, -0.05) is 33.6 Å². The molecule has 1 amide bonds. The largest absolute Gasteiger partial charge is 0.280 e. The molecule has 1 aliphatic heterocycles. The van der Waals surface area contributed by atoms with Crippen LogP contribution >= 0.6 is 15.9 Å². The molecule has 0 N–H and O–H groups in total. The summed E-state index contributed by atoms with van der Waals surface area (Å²) in [6, 6.07) is 12.1. The van der Waals surface area contributed by atoms with E-state index in [1.165, 1.54) is 10.6 Å². The van der Waals surface area contributed by atoms with Crippen molar-refractivity contribution in [3.63, 3.8) is 0 Å². The fraction of sp³-hybridized carbons (Fsp3) is 0.240. The number of carbonyl (C=O) groups excluding carboxylic acids is 1. The molecule has 3 aromatic rings. The fourth-order valence-corrected chi connectivity index (χ4v) is 4.47. The van der Waals surface area contributed by atoms with Crippen LogP contribution in [0.1, 0.15) is 40.6 Å². The number of hydrazone groups is 1. The molecule has 0 atom stereocenters. The van der Waals surface area contributed by atoms with Crippen LogP contribution in [0.3, 0.4) is 0 Å². The van der Waals surface area contributed by atoms with E-state index in [2.05, 4.69) is 53.1 Å². The number of amides is 1. The molecule has 6 heteroatoms. The Balaban J connectivity index is 1.75. The zero-order valence-electron chi connectivity index (χ0n) is 18.6. The minimum Gasteiger partial charge on any atom is -0.267 e. The second kappa shape index (κ2) is 7.93. The summed E-state index contributed by atoms with van der Waals surface area (Å²) in [4.78, 5) is 13.3. The normalized spacial score (nSPS) is 15.2. The molecule has 4 rings (SSSR count). The summed E-state index contributed by atoms with van der Waals surface area (Å²) in [6.45, 7) is 12.0. The maximum atomic E-state index is 13.3. The average molecular weight is 477 g/mol. The molecule has 0 spiro atoms. The maximum absolute atomic E-state index is 13.3. The lowest BCUT2D eigenvalue weighted by molar-refractivity contribution is -0.114. The molecule has 158 valence electrons. The third-order valence-electron chi connectivity index (χ3n) is 5.67. The Kier molecular flexibility index (Phi) is 5.43. The van der Waals surface area contributed by atoms with Crippen LogP contribution in [0.2, 0.25) is 0 Å². The van der Waals surface area contributed by atoms with Crippen LogP contribution < -0.4 is 5.01 Å². The standard InChI is InChI=1S/C25H25BrN4O/c1-14-7-9-23(15(2)11-14)29-19(6)21(17(4)27-29)13-22-18(5)28-30(25(22)31)24-10-8-20(26)12-16(24)3/h7-13H,1-6H3/b22-13+. The Morgan fingerprint density at radius 1 is 0.903 bits per heavy atom. The van der Waals surface area contributed by atoms with Gasteiger partial charge < -0.3 is 0 Å². The number of anilines is 1. The van der Waals surface area contributed by atoms with Gasteiger partial charge in [-0.25, -0.2) is 4.68 Å². The summed E-state index contributed by atoms with van der Waals surface area (Å²) < 4.78 is 2.93. The lowest BCUT2D eigenvalue weighted by Gasteiger charge is -2.14. The van der Waals surface area contributed by atoms with Gasteiger partial charge in [-0.15, -0.1) is 0 Å². The Bertz CT molecular complexity index is 1280. The highest BCUT2D eigenvalue weighted by Crippen LogP contribution is 2.31. The summed E-state index contributed by atoms with van der Waals surface area (Å²) in [6.07, 6.45) is 1.92. The van der Waals surface area contributed by atoms with Crippen molar-refractivity contribution in [3.8, 4) is 5.69 Å². The van der Waals surface area contributed by atoms with E-state index in [-0.39, 0.29) is 5.91 Å². The van der Waals surface area contributed by atoms with Crippen LogP contribution in [-0.4, -0.2) is 21.4 Å². The number of halogens is 1. The van der Waals surface area contributed by atoms with Gasteiger partial charge in [0.2, 0.25) is 0 Å². The topological polar surface area (TPSA) is 50.5 Å². The molecule has 0 radical (unpaired) electrons.